The summed E-state index contributed by atoms with van der Waals surface area (Å²) >= 11 is 6.23. The Hall–Kier alpha value is -2.09. The molecule has 0 atom stereocenters. The molecule has 0 aliphatic rings. The molecular formula is C21H28ClN3O3S. The number of hydrogen-bond acceptors (Lipinski definition) is 4. The summed E-state index contributed by atoms with van der Waals surface area (Å²) in [7, 11) is 0.336. The van der Waals surface area contributed by atoms with Crippen LogP contribution in [0.15, 0.2) is 47.4 Å². The number of nitrogens with zero attached hydrogens (tertiary/aromatic N) is 2. The van der Waals surface area contributed by atoms with Crippen LogP contribution in [-0.4, -0.2) is 45.8 Å². The summed E-state index contributed by atoms with van der Waals surface area (Å²) in [6, 6.07) is 12.1. The highest BCUT2D eigenvalue weighted by Crippen LogP contribution is 2.27. The van der Waals surface area contributed by atoms with E-state index in [0.29, 0.717) is 30.2 Å². The summed E-state index contributed by atoms with van der Waals surface area (Å²) < 4.78 is 26.5. The third-order valence-electron chi connectivity index (χ3n) is 4.62. The van der Waals surface area contributed by atoms with E-state index in [4.69, 9.17) is 11.6 Å². The van der Waals surface area contributed by atoms with Gasteiger partial charge in [0.2, 0.25) is 15.9 Å². The maximum atomic E-state index is 12.5. The van der Waals surface area contributed by atoms with Crippen LogP contribution in [0.1, 0.15) is 25.8 Å². The summed E-state index contributed by atoms with van der Waals surface area (Å²) in [5.74, 6) is -0.126. The van der Waals surface area contributed by atoms with E-state index in [-0.39, 0.29) is 17.2 Å². The molecule has 0 spiro atoms. The maximum Gasteiger partial charge on any atom is 0.243 e. The van der Waals surface area contributed by atoms with Gasteiger partial charge in [-0.1, -0.05) is 37.6 Å². The van der Waals surface area contributed by atoms with Gasteiger partial charge in [-0.05, 0) is 42.3 Å². The van der Waals surface area contributed by atoms with E-state index in [1.807, 2.05) is 45.0 Å². The zero-order chi connectivity index (χ0) is 21.6. The number of carbonyl (C=O) groups is 1. The Morgan fingerprint density at radius 1 is 1.03 bits per heavy atom. The quantitative estimate of drug-likeness (QED) is 0.643. The molecule has 2 rings (SSSR count). The first kappa shape index (κ1) is 23.2. The van der Waals surface area contributed by atoms with Gasteiger partial charge >= 0.3 is 0 Å². The second kappa shape index (κ2) is 10.1. The van der Waals surface area contributed by atoms with Crippen molar-refractivity contribution in [1.29, 1.82) is 0 Å². The molecule has 0 saturated heterocycles. The van der Waals surface area contributed by atoms with E-state index in [1.165, 1.54) is 4.31 Å². The SMILES string of the molecule is CCN(CC)S(=O)(=O)c1ccc(CCC(=O)Nc2ccc(N(C)C)c(Cl)c2)cc1. The molecule has 6 nitrogen and oxygen atoms in total. The topological polar surface area (TPSA) is 69.7 Å². The molecule has 2 aromatic rings. The van der Waals surface area contributed by atoms with Crippen LogP contribution in [0.4, 0.5) is 11.4 Å². The highest BCUT2D eigenvalue weighted by molar-refractivity contribution is 7.89. The minimum atomic E-state index is -3.47. The Kier molecular flexibility index (Phi) is 8.07. The Labute approximate surface area is 178 Å². The van der Waals surface area contributed by atoms with Crippen LogP contribution in [-0.2, 0) is 21.2 Å². The number of hydrogen-bond donors (Lipinski definition) is 1. The lowest BCUT2D eigenvalue weighted by Gasteiger charge is -2.18. The van der Waals surface area contributed by atoms with E-state index >= 15 is 0 Å². The van der Waals surface area contributed by atoms with Crippen LogP contribution in [0.25, 0.3) is 0 Å². The summed E-state index contributed by atoms with van der Waals surface area (Å²) in [6.07, 6.45) is 0.802. The molecule has 8 heteroatoms. The van der Waals surface area contributed by atoms with Crippen molar-refractivity contribution in [3.05, 3.63) is 53.1 Å². The fourth-order valence-electron chi connectivity index (χ4n) is 2.97. The van der Waals surface area contributed by atoms with E-state index in [0.717, 1.165) is 11.3 Å². The van der Waals surface area contributed by atoms with Gasteiger partial charge in [0.25, 0.3) is 0 Å². The van der Waals surface area contributed by atoms with Crippen molar-refractivity contribution in [2.24, 2.45) is 0 Å². The molecule has 1 amide bonds. The van der Waals surface area contributed by atoms with Gasteiger partial charge in [-0.2, -0.15) is 4.31 Å². The number of sulfonamides is 1. The summed E-state index contributed by atoms with van der Waals surface area (Å²) in [4.78, 5) is 14.4. The molecule has 158 valence electrons. The molecule has 0 aromatic heterocycles. The highest BCUT2D eigenvalue weighted by Gasteiger charge is 2.21. The summed E-state index contributed by atoms with van der Waals surface area (Å²) in [6.45, 7) is 4.49. The average molecular weight is 438 g/mol. The predicted octanol–water partition coefficient (Wildman–Crippen LogP) is 4.01. The van der Waals surface area contributed by atoms with Gasteiger partial charge in [0.15, 0.2) is 0 Å². The van der Waals surface area contributed by atoms with Crippen molar-refractivity contribution in [1.82, 2.24) is 4.31 Å². The first-order valence-electron chi connectivity index (χ1n) is 9.54. The molecule has 0 aliphatic heterocycles. The van der Waals surface area contributed by atoms with E-state index in [9.17, 15) is 13.2 Å². The second-order valence-corrected chi connectivity index (χ2v) is 9.19. The lowest BCUT2D eigenvalue weighted by atomic mass is 10.1. The zero-order valence-electron chi connectivity index (χ0n) is 17.3. The van der Waals surface area contributed by atoms with Gasteiger partial charge in [0.1, 0.15) is 0 Å². The van der Waals surface area contributed by atoms with Crippen LogP contribution in [0.2, 0.25) is 5.02 Å². The number of amides is 1. The lowest BCUT2D eigenvalue weighted by molar-refractivity contribution is -0.116. The average Bonchev–Trinajstić information content (AvgIpc) is 2.67. The standard InChI is InChI=1S/C21H28ClN3O3S/c1-5-25(6-2)29(27,28)18-11-7-16(8-12-18)9-14-21(26)23-17-10-13-20(24(3)4)19(22)15-17/h7-8,10-13,15H,5-6,9,14H2,1-4H3,(H,23,26). The normalized spacial score (nSPS) is 11.5. The number of benzene rings is 2. The fraction of sp³-hybridized carbons (Fsp3) is 0.381. The van der Waals surface area contributed by atoms with Crippen LogP contribution < -0.4 is 10.2 Å². The largest absolute Gasteiger partial charge is 0.376 e. The fourth-order valence-corrected chi connectivity index (χ4v) is 4.78. The van der Waals surface area contributed by atoms with Gasteiger partial charge in [-0.3, -0.25) is 4.79 Å². The lowest BCUT2D eigenvalue weighted by Crippen LogP contribution is -2.30. The van der Waals surface area contributed by atoms with Crippen molar-refractivity contribution < 1.29 is 13.2 Å². The van der Waals surface area contributed by atoms with Crippen molar-refractivity contribution in [3.63, 3.8) is 0 Å². The minimum absolute atomic E-state index is 0.126. The molecule has 1 N–H and O–H groups in total. The van der Waals surface area contributed by atoms with E-state index < -0.39 is 10.0 Å². The number of rotatable bonds is 9. The van der Waals surface area contributed by atoms with Crippen molar-refractivity contribution in [2.75, 3.05) is 37.4 Å². The van der Waals surface area contributed by atoms with Crippen molar-refractivity contribution in [2.45, 2.75) is 31.6 Å². The molecule has 29 heavy (non-hydrogen) atoms. The van der Waals surface area contributed by atoms with Crippen LogP contribution in [0, 0.1) is 0 Å². The third kappa shape index (κ3) is 5.95. The maximum absolute atomic E-state index is 12.5. The number of anilines is 2. The monoisotopic (exact) mass is 437 g/mol. The Balaban J connectivity index is 1.96. The molecule has 0 aliphatic carbocycles. The molecular weight excluding hydrogens is 410 g/mol. The van der Waals surface area contributed by atoms with Crippen molar-refractivity contribution in [3.8, 4) is 0 Å². The molecule has 0 saturated carbocycles. The smallest absolute Gasteiger partial charge is 0.243 e. The molecule has 0 unspecified atom stereocenters. The Morgan fingerprint density at radius 2 is 1.66 bits per heavy atom. The summed E-state index contributed by atoms with van der Waals surface area (Å²) in [5.41, 5.74) is 2.43. The molecule has 0 bridgehead atoms. The number of halogens is 1. The Bertz CT molecular complexity index is 940. The van der Waals surface area contributed by atoms with Gasteiger partial charge in [-0.15, -0.1) is 0 Å². The van der Waals surface area contributed by atoms with Gasteiger partial charge < -0.3 is 10.2 Å². The second-order valence-electron chi connectivity index (χ2n) is 6.84. The molecule has 0 fully saturated rings. The third-order valence-corrected chi connectivity index (χ3v) is 6.99. The first-order chi connectivity index (χ1) is 13.7. The van der Waals surface area contributed by atoms with Gasteiger partial charge in [-0.25, -0.2) is 8.42 Å². The van der Waals surface area contributed by atoms with Crippen LogP contribution in [0.3, 0.4) is 0 Å². The number of aryl methyl sites for hydroxylation is 1. The first-order valence-corrected chi connectivity index (χ1v) is 11.4. The van der Waals surface area contributed by atoms with E-state index in [2.05, 4.69) is 5.32 Å². The van der Waals surface area contributed by atoms with Crippen LogP contribution >= 0.6 is 11.6 Å². The number of carbonyl (C=O) groups excluding carboxylic acids is 1. The minimum Gasteiger partial charge on any atom is -0.376 e. The van der Waals surface area contributed by atoms with Crippen molar-refractivity contribution >= 4 is 38.9 Å². The van der Waals surface area contributed by atoms with Gasteiger partial charge in [0, 0.05) is 39.3 Å². The summed E-state index contributed by atoms with van der Waals surface area (Å²) in [5, 5.41) is 3.41. The Morgan fingerprint density at radius 3 is 2.17 bits per heavy atom. The van der Waals surface area contributed by atoms with E-state index in [1.54, 1.807) is 30.3 Å². The highest BCUT2D eigenvalue weighted by atomic mass is 35.5. The molecule has 0 radical (unpaired) electrons. The molecule has 0 heterocycles. The van der Waals surface area contributed by atoms with Gasteiger partial charge in [0.05, 0.1) is 15.6 Å². The molecule has 2 aromatic carbocycles. The zero-order valence-corrected chi connectivity index (χ0v) is 18.8. The number of nitrogens with one attached hydrogen (secondary N) is 1. The van der Waals surface area contributed by atoms with Crippen LogP contribution in [0.5, 0.6) is 0 Å². The predicted molar refractivity (Wildman–Crippen MR) is 119 cm³/mol.